The van der Waals surface area contributed by atoms with Gasteiger partial charge in [-0.15, -0.1) is 0 Å². The van der Waals surface area contributed by atoms with E-state index >= 15 is 0 Å². The van der Waals surface area contributed by atoms with Crippen molar-refractivity contribution < 1.29 is 0 Å². The summed E-state index contributed by atoms with van der Waals surface area (Å²) in [6.45, 7) is 0. The molecule has 0 saturated carbocycles. The van der Waals surface area contributed by atoms with Gasteiger partial charge >= 0.3 is 0 Å². The SMILES string of the molecule is c1ccc(-c2cc(-c3ccccc3)nc(-c3ccc4ccc(-c5ccc6nc(-c7ccc(-c8ccc9ccc%10cccnc%10c9n8)c8ccccc78)ccc6c5)cc4n3)n2)cc1. The molecule has 6 heteroatoms. The number of pyridine rings is 4. The molecule has 0 aliphatic heterocycles. The van der Waals surface area contributed by atoms with Crippen molar-refractivity contribution >= 4 is 54.4 Å². The van der Waals surface area contributed by atoms with Gasteiger partial charge in [0.25, 0.3) is 0 Å². The van der Waals surface area contributed by atoms with Crippen molar-refractivity contribution in [1.29, 1.82) is 0 Å². The molecule has 0 radical (unpaired) electrons. The fourth-order valence-corrected chi connectivity index (χ4v) is 8.57. The van der Waals surface area contributed by atoms with Crippen LogP contribution in [0.5, 0.6) is 0 Å². The van der Waals surface area contributed by atoms with Crippen molar-refractivity contribution in [2.75, 3.05) is 0 Å². The third-order valence-corrected chi connectivity index (χ3v) is 11.7. The smallest absolute Gasteiger partial charge is 0.179 e. The van der Waals surface area contributed by atoms with Gasteiger partial charge < -0.3 is 0 Å². The van der Waals surface area contributed by atoms with E-state index in [1.54, 1.807) is 0 Å². The summed E-state index contributed by atoms with van der Waals surface area (Å²) in [6, 6.07) is 69.2. The van der Waals surface area contributed by atoms with E-state index in [4.69, 9.17) is 24.9 Å². The van der Waals surface area contributed by atoms with Crippen LogP contribution in [0.15, 0.2) is 206 Å². The van der Waals surface area contributed by atoms with Gasteiger partial charge in [0.1, 0.15) is 5.69 Å². The van der Waals surface area contributed by atoms with Gasteiger partial charge in [-0.2, -0.15) is 0 Å². The Morgan fingerprint density at radius 1 is 0.274 bits per heavy atom. The highest BCUT2D eigenvalue weighted by atomic mass is 14.9. The van der Waals surface area contributed by atoms with E-state index in [0.29, 0.717) is 5.82 Å². The summed E-state index contributed by atoms with van der Waals surface area (Å²) in [7, 11) is 0. The summed E-state index contributed by atoms with van der Waals surface area (Å²) in [5.74, 6) is 0.587. The molecule has 0 aliphatic rings. The monoisotopic (exact) mass is 790 g/mol. The van der Waals surface area contributed by atoms with Gasteiger partial charge in [-0.3, -0.25) is 4.98 Å². The maximum Gasteiger partial charge on any atom is 0.179 e. The molecule has 0 bridgehead atoms. The third kappa shape index (κ3) is 6.30. The van der Waals surface area contributed by atoms with Gasteiger partial charge in [0.15, 0.2) is 5.82 Å². The highest BCUT2D eigenvalue weighted by Gasteiger charge is 2.15. The standard InChI is InChI=1S/C56H34N6/c1-3-10-35(11-4-1)52-34-53(36-12-5-2-6-13-36)62-56(61-52)50-30-21-37-17-20-41(33-51(37)59-50)40-23-27-47-42(32-40)24-29-48(58-47)45-25-26-46(44-16-8-7-15-43(44)45)49-28-22-39-19-18-38-14-9-31-57-54(38)55(39)60-49/h1-34H. The zero-order valence-electron chi connectivity index (χ0n) is 33.3. The Balaban J connectivity index is 0.885. The first-order valence-electron chi connectivity index (χ1n) is 20.7. The van der Waals surface area contributed by atoms with E-state index in [1.165, 1.54) is 0 Å². The molecule has 0 spiro atoms. The number of fused-ring (bicyclic) bond motifs is 6. The third-order valence-electron chi connectivity index (χ3n) is 11.7. The maximum absolute atomic E-state index is 5.21. The number of hydrogen-bond acceptors (Lipinski definition) is 6. The highest BCUT2D eigenvalue weighted by molar-refractivity contribution is 6.07. The molecule has 12 rings (SSSR count). The zero-order chi connectivity index (χ0) is 41.0. The first-order chi connectivity index (χ1) is 30.7. The molecule has 0 N–H and O–H groups in total. The Morgan fingerprint density at radius 3 is 1.55 bits per heavy atom. The van der Waals surface area contributed by atoms with E-state index in [1.807, 2.05) is 60.8 Å². The second-order valence-electron chi connectivity index (χ2n) is 15.5. The zero-order valence-corrected chi connectivity index (χ0v) is 33.3. The van der Waals surface area contributed by atoms with Gasteiger partial charge in [0, 0.05) is 50.0 Å². The minimum Gasteiger partial charge on any atom is -0.254 e. The molecule has 0 fully saturated rings. The molecule has 5 aromatic heterocycles. The largest absolute Gasteiger partial charge is 0.254 e. The molecular weight excluding hydrogens is 757 g/mol. The Bertz CT molecular complexity index is 3640. The van der Waals surface area contributed by atoms with Crippen molar-refractivity contribution in [3.8, 4) is 67.7 Å². The molecule has 5 heterocycles. The first kappa shape index (κ1) is 35.5. The van der Waals surface area contributed by atoms with Crippen molar-refractivity contribution in [1.82, 2.24) is 29.9 Å². The van der Waals surface area contributed by atoms with Gasteiger partial charge in [-0.1, -0.05) is 152 Å². The fraction of sp³-hybridized carbons (Fsp3) is 0. The number of aromatic nitrogens is 6. The summed E-state index contributed by atoms with van der Waals surface area (Å²) in [6.07, 6.45) is 1.83. The second kappa shape index (κ2) is 14.7. The lowest BCUT2D eigenvalue weighted by Crippen LogP contribution is -1.97. The van der Waals surface area contributed by atoms with Crippen molar-refractivity contribution in [3.63, 3.8) is 0 Å². The van der Waals surface area contributed by atoms with Crippen LogP contribution in [-0.4, -0.2) is 29.9 Å². The molecule has 0 aliphatic carbocycles. The van der Waals surface area contributed by atoms with Crippen LogP contribution in [0.2, 0.25) is 0 Å². The van der Waals surface area contributed by atoms with Gasteiger partial charge in [-0.25, -0.2) is 24.9 Å². The summed E-state index contributed by atoms with van der Waals surface area (Å²) >= 11 is 0. The molecule has 0 unspecified atom stereocenters. The molecule has 0 amide bonds. The molecule has 6 nitrogen and oxygen atoms in total. The number of benzene rings is 7. The predicted molar refractivity (Wildman–Crippen MR) is 253 cm³/mol. The van der Waals surface area contributed by atoms with Crippen LogP contribution in [0, 0.1) is 0 Å². The average molecular weight is 791 g/mol. The average Bonchev–Trinajstić information content (AvgIpc) is 3.35. The molecule has 288 valence electrons. The minimum atomic E-state index is 0.587. The van der Waals surface area contributed by atoms with Gasteiger partial charge in [-0.05, 0) is 70.4 Å². The van der Waals surface area contributed by atoms with E-state index in [2.05, 4.69) is 151 Å². The Hall–Kier alpha value is -8.48. The van der Waals surface area contributed by atoms with E-state index in [9.17, 15) is 0 Å². The molecule has 0 atom stereocenters. The van der Waals surface area contributed by atoms with Crippen LogP contribution >= 0.6 is 0 Å². The topological polar surface area (TPSA) is 77.3 Å². The summed E-state index contributed by atoms with van der Waals surface area (Å²) < 4.78 is 0. The first-order valence-corrected chi connectivity index (χ1v) is 20.7. The van der Waals surface area contributed by atoms with E-state index in [0.717, 1.165) is 116 Å². The molecule has 0 saturated heterocycles. The normalized spacial score (nSPS) is 11.5. The Labute approximate surface area is 357 Å². The number of hydrogen-bond donors (Lipinski definition) is 0. The van der Waals surface area contributed by atoms with Crippen LogP contribution in [-0.2, 0) is 0 Å². The summed E-state index contributed by atoms with van der Waals surface area (Å²) in [4.78, 5) is 30.2. The van der Waals surface area contributed by atoms with Crippen LogP contribution in [0.3, 0.4) is 0 Å². The van der Waals surface area contributed by atoms with E-state index in [-0.39, 0.29) is 0 Å². The maximum atomic E-state index is 5.21. The summed E-state index contributed by atoms with van der Waals surface area (Å²) in [5.41, 5.74) is 14.3. The minimum absolute atomic E-state index is 0.587. The second-order valence-corrected chi connectivity index (χ2v) is 15.5. The Kier molecular flexibility index (Phi) is 8.38. The van der Waals surface area contributed by atoms with Gasteiger partial charge in [0.2, 0.25) is 0 Å². The van der Waals surface area contributed by atoms with Gasteiger partial charge in [0.05, 0.1) is 44.8 Å². The van der Waals surface area contributed by atoms with Crippen LogP contribution in [0.1, 0.15) is 0 Å². The van der Waals surface area contributed by atoms with Crippen LogP contribution in [0.25, 0.3) is 122 Å². The lowest BCUT2D eigenvalue weighted by Gasteiger charge is -2.13. The quantitative estimate of drug-likeness (QED) is 0.156. The number of rotatable bonds is 6. The van der Waals surface area contributed by atoms with Crippen molar-refractivity contribution in [2.45, 2.75) is 0 Å². The van der Waals surface area contributed by atoms with E-state index < -0.39 is 0 Å². The number of nitrogens with zero attached hydrogens (tertiary/aromatic N) is 6. The fourth-order valence-electron chi connectivity index (χ4n) is 8.57. The summed E-state index contributed by atoms with van der Waals surface area (Å²) in [5, 5.41) is 6.52. The Morgan fingerprint density at radius 2 is 0.823 bits per heavy atom. The molecule has 62 heavy (non-hydrogen) atoms. The molecular formula is C56H34N6. The van der Waals surface area contributed by atoms with Crippen molar-refractivity contribution in [2.24, 2.45) is 0 Å². The lowest BCUT2D eigenvalue weighted by molar-refractivity contribution is 1.16. The molecule has 7 aromatic carbocycles. The molecule has 12 aromatic rings. The predicted octanol–water partition coefficient (Wildman–Crippen LogP) is 13.8. The van der Waals surface area contributed by atoms with Crippen molar-refractivity contribution in [3.05, 3.63) is 206 Å². The highest BCUT2D eigenvalue weighted by Crippen LogP contribution is 2.37. The lowest BCUT2D eigenvalue weighted by atomic mass is 9.95. The van der Waals surface area contributed by atoms with Crippen LogP contribution < -0.4 is 0 Å². The van der Waals surface area contributed by atoms with Crippen LogP contribution in [0.4, 0.5) is 0 Å².